The van der Waals surface area contributed by atoms with Crippen molar-refractivity contribution in [2.24, 2.45) is 5.73 Å². The fourth-order valence-electron chi connectivity index (χ4n) is 2.94. The molecule has 0 atom stereocenters. The van der Waals surface area contributed by atoms with E-state index in [1.165, 1.54) is 48.7 Å². The minimum absolute atomic E-state index is 0.00109. The third-order valence-electron chi connectivity index (χ3n) is 4.68. The van der Waals surface area contributed by atoms with E-state index in [2.05, 4.69) is 15.6 Å². The van der Waals surface area contributed by atoms with Gasteiger partial charge in [-0.15, -0.1) is 0 Å². The maximum Gasteiger partial charge on any atom is 0.259 e. The largest absolute Gasteiger partial charge is 0.493 e. The number of hydrogen-bond acceptors (Lipinski definition) is 7. The van der Waals surface area contributed by atoms with Crippen molar-refractivity contribution in [1.29, 1.82) is 0 Å². The van der Waals surface area contributed by atoms with Crippen molar-refractivity contribution in [3.63, 3.8) is 0 Å². The molecule has 0 aliphatic rings. The standard InChI is InChI=1S/C23H22Cl2N4O5S/c1-35(32,33)16-5-6-17(20(12-16)34-10-2-9-26)22(30)28-19-7-3-14(24)11-18(19)23(31)29-21-8-4-15(25)13-27-21/h3-8,11-13H,2,9-10,26H2,1H3,(H,28,30)(H,27,29,31). The van der Waals surface area contributed by atoms with E-state index in [0.717, 1.165) is 6.26 Å². The van der Waals surface area contributed by atoms with Crippen LogP contribution in [0, 0.1) is 0 Å². The molecule has 0 saturated heterocycles. The number of nitrogens with one attached hydrogen (secondary N) is 2. The molecule has 3 aromatic rings. The monoisotopic (exact) mass is 536 g/mol. The van der Waals surface area contributed by atoms with E-state index >= 15 is 0 Å². The summed E-state index contributed by atoms with van der Waals surface area (Å²) in [4.78, 5) is 30.0. The van der Waals surface area contributed by atoms with Gasteiger partial charge in [-0.25, -0.2) is 13.4 Å². The van der Waals surface area contributed by atoms with Crippen molar-refractivity contribution in [2.45, 2.75) is 11.3 Å². The van der Waals surface area contributed by atoms with Gasteiger partial charge in [0.15, 0.2) is 9.84 Å². The first kappa shape index (κ1) is 26.4. The molecule has 1 aromatic heterocycles. The average Bonchev–Trinajstić information content (AvgIpc) is 2.81. The zero-order valence-electron chi connectivity index (χ0n) is 18.5. The number of hydrogen-bond donors (Lipinski definition) is 3. The highest BCUT2D eigenvalue weighted by atomic mass is 35.5. The summed E-state index contributed by atoms with van der Waals surface area (Å²) < 4.78 is 29.6. The van der Waals surface area contributed by atoms with Gasteiger partial charge >= 0.3 is 0 Å². The Kier molecular flexibility index (Phi) is 8.68. The minimum atomic E-state index is -3.53. The molecule has 0 spiro atoms. The molecule has 9 nitrogen and oxygen atoms in total. The van der Waals surface area contributed by atoms with Crippen molar-refractivity contribution in [3.05, 3.63) is 75.9 Å². The number of sulfone groups is 1. The molecular formula is C23H22Cl2N4O5S. The molecule has 0 aliphatic heterocycles. The molecule has 0 unspecified atom stereocenters. The molecule has 1 heterocycles. The van der Waals surface area contributed by atoms with Gasteiger partial charge in [0, 0.05) is 17.5 Å². The van der Waals surface area contributed by atoms with Gasteiger partial charge in [0.05, 0.1) is 33.3 Å². The summed E-state index contributed by atoms with van der Waals surface area (Å²) in [5, 5.41) is 5.96. The Labute approximate surface area is 212 Å². The molecular weight excluding hydrogens is 515 g/mol. The second-order valence-corrected chi connectivity index (χ2v) is 10.3. The SMILES string of the molecule is CS(=O)(=O)c1ccc(C(=O)Nc2ccc(Cl)cc2C(=O)Nc2ccc(Cl)cn2)c(OCCCN)c1. The normalized spacial score (nSPS) is 11.1. The number of anilines is 2. The van der Waals surface area contributed by atoms with Gasteiger partial charge in [-0.1, -0.05) is 23.2 Å². The van der Waals surface area contributed by atoms with Crippen molar-refractivity contribution in [3.8, 4) is 5.75 Å². The van der Waals surface area contributed by atoms with Gasteiger partial charge in [0.25, 0.3) is 11.8 Å². The minimum Gasteiger partial charge on any atom is -0.493 e. The maximum atomic E-state index is 13.1. The van der Waals surface area contributed by atoms with E-state index in [9.17, 15) is 18.0 Å². The number of nitrogens with zero attached hydrogens (tertiary/aromatic N) is 1. The fourth-order valence-corrected chi connectivity index (χ4v) is 3.86. The molecule has 0 saturated carbocycles. The molecule has 4 N–H and O–H groups in total. The molecule has 0 fully saturated rings. The van der Waals surface area contributed by atoms with E-state index in [1.807, 2.05) is 0 Å². The number of carbonyl (C=O) groups excluding carboxylic acids is 2. The van der Waals surface area contributed by atoms with Crippen molar-refractivity contribution in [1.82, 2.24) is 4.98 Å². The van der Waals surface area contributed by atoms with Crippen molar-refractivity contribution < 1.29 is 22.7 Å². The summed E-state index contributed by atoms with van der Waals surface area (Å²) in [5.41, 5.74) is 5.83. The van der Waals surface area contributed by atoms with Gasteiger partial charge in [0.2, 0.25) is 0 Å². The van der Waals surface area contributed by atoms with Gasteiger partial charge in [-0.2, -0.15) is 0 Å². The number of aromatic nitrogens is 1. The summed E-state index contributed by atoms with van der Waals surface area (Å²) in [6.45, 7) is 0.547. The van der Waals surface area contributed by atoms with Gasteiger partial charge in [-0.3, -0.25) is 9.59 Å². The van der Waals surface area contributed by atoms with Gasteiger partial charge in [0.1, 0.15) is 11.6 Å². The molecule has 184 valence electrons. The summed E-state index contributed by atoms with van der Waals surface area (Å²) in [6, 6.07) is 11.4. The second kappa shape index (κ2) is 11.5. The molecule has 2 amide bonds. The Hall–Kier alpha value is -3.18. The predicted molar refractivity (Wildman–Crippen MR) is 135 cm³/mol. The smallest absolute Gasteiger partial charge is 0.259 e. The first-order valence-electron chi connectivity index (χ1n) is 10.3. The molecule has 2 aromatic carbocycles. The van der Waals surface area contributed by atoms with E-state index < -0.39 is 21.7 Å². The number of ether oxygens (including phenoxy) is 1. The number of carbonyl (C=O) groups is 2. The Morgan fingerprint density at radius 2 is 1.69 bits per heavy atom. The quantitative estimate of drug-likeness (QED) is 0.350. The van der Waals surface area contributed by atoms with Crippen LogP contribution in [0.1, 0.15) is 27.1 Å². The van der Waals surface area contributed by atoms with Crippen LogP contribution in [-0.4, -0.2) is 44.6 Å². The van der Waals surface area contributed by atoms with Crippen molar-refractivity contribution in [2.75, 3.05) is 30.0 Å². The first-order valence-corrected chi connectivity index (χ1v) is 12.9. The zero-order valence-corrected chi connectivity index (χ0v) is 20.9. The third kappa shape index (κ3) is 7.15. The first-order chi connectivity index (χ1) is 16.6. The summed E-state index contributed by atoms with van der Waals surface area (Å²) >= 11 is 11.9. The number of nitrogens with two attached hydrogens (primary N) is 1. The number of halogens is 2. The van der Waals surface area contributed by atoms with Crippen LogP contribution in [0.25, 0.3) is 0 Å². The number of benzene rings is 2. The lowest BCUT2D eigenvalue weighted by atomic mass is 10.1. The van der Waals surface area contributed by atoms with Crippen LogP contribution >= 0.6 is 23.2 Å². The van der Waals surface area contributed by atoms with Crippen molar-refractivity contribution >= 4 is 56.4 Å². The summed E-state index contributed by atoms with van der Waals surface area (Å²) in [7, 11) is -3.53. The lowest BCUT2D eigenvalue weighted by Crippen LogP contribution is -2.19. The average molecular weight is 537 g/mol. The van der Waals surface area contributed by atoms with Gasteiger partial charge < -0.3 is 21.1 Å². The van der Waals surface area contributed by atoms with E-state index in [0.29, 0.717) is 18.0 Å². The number of amides is 2. The molecule has 3 rings (SSSR count). The highest BCUT2D eigenvalue weighted by Crippen LogP contribution is 2.27. The third-order valence-corrected chi connectivity index (χ3v) is 6.24. The van der Waals surface area contributed by atoms with Crippen LogP contribution < -0.4 is 21.1 Å². The Balaban J connectivity index is 1.90. The van der Waals surface area contributed by atoms with Crippen LogP contribution in [0.4, 0.5) is 11.5 Å². The lowest BCUT2D eigenvalue weighted by Gasteiger charge is -2.15. The highest BCUT2D eigenvalue weighted by molar-refractivity contribution is 7.90. The van der Waals surface area contributed by atoms with Crippen LogP contribution in [0.5, 0.6) is 5.75 Å². The summed E-state index contributed by atoms with van der Waals surface area (Å²) in [6.07, 6.45) is 2.94. The lowest BCUT2D eigenvalue weighted by molar-refractivity contribution is 0.102. The number of pyridine rings is 1. The van der Waals surface area contributed by atoms with E-state index in [1.54, 1.807) is 6.07 Å². The molecule has 12 heteroatoms. The fraction of sp³-hybridized carbons (Fsp3) is 0.174. The molecule has 0 radical (unpaired) electrons. The van der Waals surface area contributed by atoms with Crippen LogP contribution in [0.3, 0.4) is 0 Å². The Morgan fingerprint density at radius 1 is 0.971 bits per heavy atom. The Morgan fingerprint density at radius 3 is 2.34 bits per heavy atom. The van der Waals surface area contributed by atoms with Crippen LogP contribution in [0.15, 0.2) is 59.6 Å². The molecule has 0 aliphatic carbocycles. The van der Waals surface area contributed by atoms with E-state index in [4.69, 9.17) is 33.7 Å². The highest BCUT2D eigenvalue weighted by Gasteiger charge is 2.20. The van der Waals surface area contributed by atoms with Gasteiger partial charge in [-0.05, 0) is 61.5 Å². The second-order valence-electron chi connectivity index (χ2n) is 7.38. The van der Waals surface area contributed by atoms with Crippen LogP contribution in [-0.2, 0) is 9.84 Å². The summed E-state index contributed by atoms with van der Waals surface area (Å²) in [5.74, 6) is -0.855. The topological polar surface area (TPSA) is 140 Å². The molecule has 0 bridgehead atoms. The number of rotatable bonds is 9. The van der Waals surface area contributed by atoms with E-state index in [-0.39, 0.29) is 44.9 Å². The van der Waals surface area contributed by atoms with Crippen LogP contribution in [0.2, 0.25) is 10.0 Å². The maximum absolute atomic E-state index is 13.1. The molecule has 35 heavy (non-hydrogen) atoms. The Bertz CT molecular complexity index is 1350. The zero-order chi connectivity index (χ0) is 25.6. The predicted octanol–water partition coefficient (Wildman–Crippen LogP) is 4.02.